The minimum atomic E-state index is -0.568. The Morgan fingerprint density at radius 1 is 0.969 bits per heavy atom. The Bertz CT molecular complexity index is 719. The van der Waals surface area contributed by atoms with Crippen LogP contribution < -0.4 is 14.2 Å². The van der Waals surface area contributed by atoms with Gasteiger partial charge in [-0.2, -0.15) is 0 Å². The molecule has 1 fully saturated rings. The lowest BCUT2D eigenvalue weighted by atomic mass is 9.76. The molecular formula is C25H39NO6. The minimum absolute atomic E-state index is 0.141. The second kappa shape index (κ2) is 13.2. The number of ether oxygens (including phenoxy) is 4. The van der Waals surface area contributed by atoms with Gasteiger partial charge in [0.1, 0.15) is 0 Å². The third-order valence-electron chi connectivity index (χ3n) is 6.17. The van der Waals surface area contributed by atoms with Crippen molar-refractivity contribution in [1.82, 2.24) is 4.90 Å². The van der Waals surface area contributed by atoms with E-state index in [4.69, 9.17) is 18.9 Å². The molecule has 0 heterocycles. The Kier molecular flexibility index (Phi) is 10.6. The molecule has 7 heteroatoms. The Labute approximate surface area is 192 Å². The van der Waals surface area contributed by atoms with E-state index in [9.17, 15) is 9.59 Å². The molecular weight excluding hydrogens is 410 g/mol. The van der Waals surface area contributed by atoms with Crippen LogP contribution in [0.25, 0.3) is 0 Å². The zero-order valence-corrected chi connectivity index (χ0v) is 20.3. The van der Waals surface area contributed by atoms with E-state index >= 15 is 0 Å². The van der Waals surface area contributed by atoms with Crippen LogP contribution in [0, 0.1) is 5.92 Å². The molecule has 1 aromatic rings. The number of carbonyl (C=O) groups excluding carboxylic acids is 2. The van der Waals surface area contributed by atoms with Crippen molar-refractivity contribution in [2.24, 2.45) is 5.92 Å². The molecule has 1 aliphatic carbocycles. The van der Waals surface area contributed by atoms with Gasteiger partial charge in [-0.3, -0.25) is 4.79 Å². The maximum atomic E-state index is 13.9. The molecule has 0 radical (unpaired) electrons. The summed E-state index contributed by atoms with van der Waals surface area (Å²) in [4.78, 5) is 28.0. The standard InChI is InChI=1S/C25H39NO6/c1-6-8-12-15-26(25(28)32-7-2)24(27)22(18-13-10-9-11-14-18)19-16-20(29-3)23(31-5)21(17-19)30-4/h16-18,22H,6-15H2,1-5H3. The summed E-state index contributed by atoms with van der Waals surface area (Å²) in [7, 11) is 4.68. The number of hydrogen-bond donors (Lipinski definition) is 0. The van der Waals surface area contributed by atoms with Crippen molar-refractivity contribution in [3.63, 3.8) is 0 Å². The summed E-state index contributed by atoms with van der Waals surface area (Å²) >= 11 is 0. The summed E-state index contributed by atoms with van der Waals surface area (Å²) in [6.07, 6.45) is 7.35. The summed E-state index contributed by atoms with van der Waals surface area (Å²) in [6.45, 7) is 4.44. The molecule has 2 rings (SSSR count). The number of unbranched alkanes of at least 4 members (excludes halogenated alkanes) is 2. The predicted octanol–water partition coefficient (Wildman–Crippen LogP) is 5.55. The molecule has 1 aliphatic rings. The first-order chi connectivity index (χ1) is 15.5. The summed E-state index contributed by atoms with van der Waals surface area (Å²) in [6, 6.07) is 3.68. The largest absolute Gasteiger partial charge is 0.493 e. The first-order valence-corrected chi connectivity index (χ1v) is 11.8. The molecule has 1 saturated carbocycles. The number of nitrogens with zero attached hydrogens (tertiary/aromatic N) is 1. The number of carbonyl (C=O) groups is 2. The Morgan fingerprint density at radius 2 is 1.59 bits per heavy atom. The van der Waals surface area contributed by atoms with Crippen LogP contribution in [0.2, 0.25) is 0 Å². The summed E-state index contributed by atoms with van der Waals surface area (Å²) in [5.74, 6) is 0.949. The van der Waals surface area contributed by atoms with E-state index in [1.807, 2.05) is 12.1 Å². The van der Waals surface area contributed by atoms with Crippen molar-refractivity contribution in [3.8, 4) is 17.2 Å². The predicted molar refractivity (Wildman–Crippen MR) is 124 cm³/mol. The van der Waals surface area contributed by atoms with Gasteiger partial charge in [-0.25, -0.2) is 9.69 Å². The Hall–Kier alpha value is -2.44. The van der Waals surface area contributed by atoms with Crippen LogP contribution >= 0.6 is 0 Å². The van der Waals surface area contributed by atoms with E-state index in [0.717, 1.165) is 50.5 Å². The van der Waals surface area contributed by atoms with Crippen molar-refractivity contribution >= 4 is 12.0 Å². The van der Waals surface area contributed by atoms with Gasteiger partial charge in [0.25, 0.3) is 0 Å². The van der Waals surface area contributed by atoms with Crippen LogP contribution in [0.3, 0.4) is 0 Å². The molecule has 2 amide bonds. The molecule has 180 valence electrons. The molecule has 0 aromatic heterocycles. The van der Waals surface area contributed by atoms with Gasteiger partial charge in [-0.05, 0) is 49.8 Å². The van der Waals surface area contributed by atoms with Crippen LogP contribution in [0.4, 0.5) is 4.79 Å². The maximum Gasteiger partial charge on any atom is 0.416 e. The van der Waals surface area contributed by atoms with Gasteiger partial charge >= 0.3 is 6.09 Å². The lowest BCUT2D eigenvalue weighted by molar-refractivity contribution is -0.132. The monoisotopic (exact) mass is 449 g/mol. The van der Waals surface area contributed by atoms with Crippen molar-refractivity contribution in [1.29, 1.82) is 0 Å². The SMILES string of the molecule is CCCCCN(C(=O)OCC)C(=O)C(c1cc(OC)c(OC)c(OC)c1)C1CCCCC1. The van der Waals surface area contributed by atoms with Crippen molar-refractivity contribution in [2.45, 2.75) is 71.1 Å². The quantitative estimate of drug-likeness (QED) is 0.412. The van der Waals surface area contributed by atoms with Crippen molar-refractivity contribution < 1.29 is 28.5 Å². The fourth-order valence-corrected chi connectivity index (χ4v) is 4.55. The molecule has 1 aromatic carbocycles. The number of rotatable bonds is 11. The van der Waals surface area contributed by atoms with E-state index in [1.54, 1.807) is 28.3 Å². The molecule has 0 aliphatic heterocycles. The lowest BCUT2D eigenvalue weighted by Gasteiger charge is -2.33. The summed E-state index contributed by atoms with van der Waals surface area (Å²) in [5, 5.41) is 0. The van der Waals surface area contributed by atoms with Gasteiger partial charge in [0.05, 0.1) is 33.9 Å². The lowest BCUT2D eigenvalue weighted by Crippen LogP contribution is -2.43. The molecule has 0 saturated heterocycles. The second-order valence-corrected chi connectivity index (χ2v) is 8.23. The average molecular weight is 450 g/mol. The Morgan fingerprint density at radius 3 is 2.09 bits per heavy atom. The van der Waals surface area contributed by atoms with Crippen LogP contribution in [0.1, 0.15) is 76.7 Å². The van der Waals surface area contributed by atoms with Crippen molar-refractivity contribution in [2.75, 3.05) is 34.5 Å². The van der Waals surface area contributed by atoms with E-state index in [-0.39, 0.29) is 18.4 Å². The fraction of sp³-hybridized carbons (Fsp3) is 0.680. The zero-order chi connectivity index (χ0) is 23.5. The maximum absolute atomic E-state index is 13.9. The van der Waals surface area contributed by atoms with Crippen LogP contribution in [-0.2, 0) is 9.53 Å². The van der Waals surface area contributed by atoms with Gasteiger partial charge in [0.15, 0.2) is 11.5 Å². The highest BCUT2D eigenvalue weighted by atomic mass is 16.6. The zero-order valence-electron chi connectivity index (χ0n) is 20.3. The van der Waals surface area contributed by atoms with E-state index in [0.29, 0.717) is 23.8 Å². The highest BCUT2D eigenvalue weighted by molar-refractivity contribution is 5.96. The van der Waals surface area contributed by atoms with E-state index < -0.39 is 12.0 Å². The highest BCUT2D eigenvalue weighted by Gasteiger charge is 2.37. The average Bonchev–Trinajstić information content (AvgIpc) is 2.82. The third kappa shape index (κ3) is 6.30. The molecule has 0 N–H and O–H groups in total. The van der Waals surface area contributed by atoms with Gasteiger partial charge in [0.2, 0.25) is 11.7 Å². The number of imide groups is 1. The minimum Gasteiger partial charge on any atom is -0.493 e. The summed E-state index contributed by atoms with van der Waals surface area (Å²) in [5.41, 5.74) is 0.779. The highest BCUT2D eigenvalue weighted by Crippen LogP contribution is 2.44. The molecule has 1 unspecified atom stereocenters. The first kappa shape index (κ1) is 25.8. The normalized spacial score (nSPS) is 15.0. The number of hydrogen-bond acceptors (Lipinski definition) is 6. The third-order valence-corrected chi connectivity index (χ3v) is 6.17. The smallest absolute Gasteiger partial charge is 0.416 e. The van der Waals surface area contributed by atoms with Crippen LogP contribution in [0.5, 0.6) is 17.2 Å². The number of amides is 2. The molecule has 1 atom stereocenters. The molecule has 7 nitrogen and oxygen atoms in total. The van der Waals surface area contributed by atoms with E-state index in [2.05, 4.69) is 6.92 Å². The topological polar surface area (TPSA) is 74.3 Å². The van der Waals surface area contributed by atoms with E-state index in [1.165, 1.54) is 11.3 Å². The molecule has 32 heavy (non-hydrogen) atoms. The molecule has 0 bridgehead atoms. The number of methoxy groups -OCH3 is 3. The van der Waals surface area contributed by atoms with Gasteiger partial charge in [-0.1, -0.05) is 39.0 Å². The number of benzene rings is 1. The van der Waals surface area contributed by atoms with Gasteiger partial charge in [-0.15, -0.1) is 0 Å². The van der Waals surface area contributed by atoms with Crippen LogP contribution in [0.15, 0.2) is 12.1 Å². The second-order valence-electron chi connectivity index (χ2n) is 8.23. The molecule has 0 spiro atoms. The first-order valence-electron chi connectivity index (χ1n) is 11.8. The van der Waals surface area contributed by atoms with Crippen LogP contribution in [-0.4, -0.2) is 51.4 Å². The van der Waals surface area contributed by atoms with Gasteiger partial charge < -0.3 is 18.9 Å². The van der Waals surface area contributed by atoms with Crippen molar-refractivity contribution in [3.05, 3.63) is 17.7 Å². The summed E-state index contributed by atoms with van der Waals surface area (Å²) < 4.78 is 21.8. The fourth-order valence-electron chi connectivity index (χ4n) is 4.55. The Balaban J connectivity index is 2.51. The van der Waals surface area contributed by atoms with Gasteiger partial charge in [0, 0.05) is 6.54 Å².